The van der Waals surface area contributed by atoms with Gasteiger partial charge in [-0.2, -0.15) is 0 Å². The van der Waals surface area contributed by atoms with Crippen LogP contribution < -0.4 is 10.1 Å². The molecule has 144 valence electrons. The third-order valence-corrected chi connectivity index (χ3v) is 3.82. The molecule has 0 unspecified atom stereocenters. The van der Waals surface area contributed by atoms with Gasteiger partial charge in [-0.3, -0.25) is 9.59 Å². The van der Waals surface area contributed by atoms with Crippen molar-refractivity contribution in [3.05, 3.63) is 65.2 Å². The maximum atomic E-state index is 12.5. The number of hydrogen-bond donors (Lipinski definition) is 1. The van der Waals surface area contributed by atoms with Gasteiger partial charge in [-0.15, -0.1) is 13.2 Å². The standard InChI is InChI=1S/C19H19F3N2O3/c1-13-7-3-5-9-15(13)18(26)23-11-17(25)24(2)12-14-8-4-6-10-16(14)27-19(20,21)22/h3-10H,11-12H2,1-2H3,(H,23,26). The second-order valence-corrected chi connectivity index (χ2v) is 5.90. The van der Waals surface area contributed by atoms with E-state index >= 15 is 0 Å². The summed E-state index contributed by atoms with van der Waals surface area (Å²) in [6, 6.07) is 12.5. The number of amides is 2. The highest BCUT2D eigenvalue weighted by molar-refractivity contribution is 5.97. The van der Waals surface area contributed by atoms with Crippen LogP contribution in [0.1, 0.15) is 21.5 Å². The molecule has 2 aromatic carbocycles. The van der Waals surface area contributed by atoms with E-state index in [0.29, 0.717) is 5.56 Å². The Hall–Kier alpha value is -3.03. The van der Waals surface area contributed by atoms with E-state index in [1.165, 1.54) is 30.1 Å². The van der Waals surface area contributed by atoms with Crippen LogP contribution in [-0.4, -0.2) is 36.7 Å². The van der Waals surface area contributed by atoms with Gasteiger partial charge in [0.25, 0.3) is 5.91 Å². The molecule has 5 nitrogen and oxygen atoms in total. The summed E-state index contributed by atoms with van der Waals surface area (Å²) in [7, 11) is 1.44. The minimum atomic E-state index is -4.82. The van der Waals surface area contributed by atoms with Crippen molar-refractivity contribution in [3.63, 3.8) is 0 Å². The molecule has 0 saturated carbocycles. The van der Waals surface area contributed by atoms with Crippen LogP contribution >= 0.6 is 0 Å². The molecule has 0 atom stereocenters. The highest BCUT2D eigenvalue weighted by atomic mass is 19.4. The normalized spacial score (nSPS) is 11.0. The Kier molecular flexibility index (Phi) is 6.44. The smallest absolute Gasteiger partial charge is 0.405 e. The van der Waals surface area contributed by atoms with E-state index in [4.69, 9.17) is 0 Å². The lowest BCUT2D eigenvalue weighted by Gasteiger charge is -2.20. The predicted octanol–water partition coefficient (Wildman–Crippen LogP) is 3.28. The zero-order valence-corrected chi connectivity index (χ0v) is 14.8. The van der Waals surface area contributed by atoms with Crippen molar-refractivity contribution in [2.45, 2.75) is 19.8 Å². The summed E-state index contributed by atoms with van der Waals surface area (Å²) in [5, 5.41) is 2.52. The molecule has 0 aromatic heterocycles. The highest BCUT2D eigenvalue weighted by Crippen LogP contribution is 2.26. The molecule has 8 heteroatoms. The summed E-state index contributed by atoms with van der Waals surface area (Å²) in [4.78, 5) is 25.6. The molecule has 0 radical (unpaired) electrons. The van der Waals surface area contributed by atoms with Crippen LogP contribution in [0.25, 0.3) is 0 Å². The lowest BCUT2D eigenvalue weighted by atomic mass is 10.1. The topological polar surface area (TPSA) is 58.6 Å². The molecule has 0 bridgehead atoms. The van der Waals surface area contributed by atoms with Gasteiger partial charge in [0.2, 0.25) is 5.91 Å². The van der Waals surface area contributed by atoms with Gasteiger partial charge in [-0.25, -0.2) is 0 Å². The van der Waals surface area contributed by atoms with Crippen LogP contribution in [0.15, 0.2) is 48.5 Å². The number of carbonyl (C=O) groups is 2. The summed E-state index contributed by atoms with van der Waals surface area (Å²) in [6.45, 7) is 1.41. The number of nitrogens with one attached hydrogen (secondary N) is 1. The zero-order chi connectivity index (χ0) is 20.0. The molecule has 1 N–H and O–H groups in total. The Labute approximate surface area is 154 Å². The van der Waals surface area contributed by atoms with E-state index in [1.54, 1.807) is 37.3 Å². The molecule has 0 heterocycles. The van der Waals surface area contributed by atoms with Crippen molar-refractivity contribution < 1.29 is 27.5 Å². The van der Waals surface area contributed by atoms with Crippen LogP contribution in [-0.2, 0) is 11.3 Å². The van der Waals surface area contributed by atoms with Crippen LogP contribution in [0.5, 0.6) is 5.75 Å². The number of ether oxygens (including phenoxy) is 1. The molecule has 0 aliphatic carbocycles. The average Bonchev–Trinajstić information content (AvgIpc) is 2.60. The number of aryl methyl sites for hydroxylation is 1. The van der Waals surface area contributed by atoms with E-state index in [2.05, 4.69) is 10.1 Å². The fraction of sp³-hybridized carbons (Fsp3) is 0.263. The number of alkyl halides is 3. The number of nitrogens with zero attached hydrogens (tertiary/aromatic N) is 1. The zero-order valence-electron chi connectivity index (χ0n) is 14.8. The first-order valence-corrected chi connectivity index (χ1v) is 8.09. The Morgan fingerprint density at radius 1 is 1.07 bits per heavy atom. The summed E-state index contributed by atoms with van der Waals surface area (Å²) in [6.07, 6.45) is -4.82. The molecule has 0 spiro atoms. The Bertz CT molecular complexity index is 822. The van der Waals surface area contributed by atoms with Crippen molar-refractivity contribution in [1.82, 2.24) is 10.2 Å². The minimum absolute atomic E-state index is 0.0919. The summed E-state index contributed by atoms with van der Waals surface area (Å²) >= 11 is 0. The van der Waals surface area contributed by atoms with Gasteiger partial charge >= 0.3 is 6.36 Å². The van der Waals surface area contributed by atoms with Crippen molar-refractivity contribution in [1.29, 1.82) is 0 Å². The quantitative estimate of drug-likeness (QED) is 0.837. The van der Waals surface area contributed by atoms with Gasteiger partial charge in [0.1, 0.15) is 5.75 Å². The molecule has 0 fully saturated rings. The van der Waals surface area contributed by atoms with E-state index in [9.17, 15) is 22.8 Å². The molecule has 27 heavy (non-hydrogen) atoms. The Balaban J connectivity index is 1.97. The lowest BCUT2D eigenvalue weighted by molar-refractivity contribution is -0.275. The van der Waals surface area contributed by atoms with Gasteiger partial charge in [0, 0.05) is 24.7 Å². The van der Waals surface area contributed by atoms with Crippen molar-refractivity contribution in [2.24, 2.45) is 0 Å². The van der Waals surface area contributed by atoms with Gasteiger partial charge in [0.15, 0.2) is 0 Å². The van der Waals surface area contributed by atoms with Gasteiger partial charge in [-0.1, -0.05) is 36.4 Å². The number of likely N-dealkylation sites (N-methyl/N-ethyl adjacent to an activating group) is 1. The first-order valence-electron chi connectivity index (χ1n) is 8.09. The van der Waals surface area contributed by atoms with E-state index in [-0.39, 0.29) is 24.4 Å². The maximum Gasteiger partial charge on any atom is 0.573 e. The molecular weight excluding hydrogens is 361 g/mol. The highest BCUT2D eigenvalue weighted by Gasteiger charge is 2.32. The van der Waals surface area contributed by atoms with Crippen molar-refractivity contribution in [2.75, 3.05) is 13.6 Å². The molecule has 0 aliphatic rings. The molecule has 2 aromatic rings. The van der Waals surface area contributed by atoms with Crippen molar-refractivity contribution >= 4 is 11.8 Å². The van der Waals surface area contributed by atoms with Crippen LogP contribution in [0.2, 0.25) is 0 Å². The third kappa shape index (κ3) is 6.02. The number of benzene rings is 2. The second-order valence-electron chi connectivity index (χ2n) is 5.90. The largest absolute Gasteiger partial charge is 0.573 e. The number of para-hydroxylation sites is 1. The first-order chi connectivity index (χ1) is 12.7. The summed E-state index contributed by atoms with van der Waals surface area (Å²) in [5.74, 6) is -1.21. The summed E-state index contributed by atoms with van der Waals surface area (Å²) in [5.41, 5.74) is 1.43. The van der Waals surface area contributed by atoms with Crippen molar-refractivity contribution in [3.8, 4) is 5.75 Å². The number of carbonyl (C=O) groups excluding carboxylic acids is 2. The molecule has 2 rings (SSSR count). The Morgan fingerprint density at radius 2 is 1.70 bits per heavy atom. The fourth-order valence-electron chi connectivity index (χ4n) is 2.42. The molecule has 0 saturated heterocycles. The first kappa shape index (κ1) is 20.3. The average molecular weight is 380 g/mol. The second kappa shape index (κ2) is 8.57. The molecule has 2 amide bonds. The maximum absolute atomic E-state index is 12.5. The van der Waals surface area contributed by atoms with E-state index < -0.39 is 18.2 Å². The third-order valence-electron chi connectivity index (χ3n) is 3.82. The number of hydrogen-bond acceptors (Lipinski definition) is 3. The van der Waals surface area contributed by atoms with Gasteiger partial charge in [0.05, 0.1) is 6.54 Å². The van der Waals surface area contributed by atoms with Gasteiger partial charge < -0.3 is 15.0 Å². The van der Waals surface area contributed by atoms with Gasteiger partial charge in [-0.05, 0) is 24.6 Å². The van der Waals surface area contributed by atoms with Crippen LogP contribution in [0.3, 0.4) is 0 Å². The predicted molar refractivity (Wildman–Crippen MR) is 93.1 cm³/mol. The SMILES string of the molecule is Cc1ccccc1C(=O)NCC(=O)N(C)Cc1ccccc1OC(F)(F)F. The number of rotatable bonds is 6. The lowest BCUT2D eigenvalue weighted by Crippen LogP contribution is -2.38. The molecular formula is C19H19F3N2O3. The van der Waals surface area contributed by atoms with E-state index in [1.807, 2.05) is 0 Å². The minimum Gasteiger partial charge on any atom is -0.405 e. The van der Waals surface area contributed by atoms with Crippen LogP contribution in [0.4, 0.5) is 13.2 Å². The monoisotopic (exact) mass is 380 g/mol. The fourth-order valence-corrected chi connectivity index (χ4v) is 2.42. The Morgan fingerprint density at radius 3 is 2.37 bits per heavy atom. The molecule has 0 aliphatic heterocycles. The van der Waals surface area contributed by atoms with Crippen LogP contribution in [0, 0.1) is 6.92 Å². The number of halogens is 3. The summed E-state index contributed by atoms with van der Waals surface area (Å²) < 4.78 is 41.4. The van der Waals surface area contributed by atoms with E-state index in [0.717, 1.165) is 5.56 Å².